The molecular formula is C9H14N2O4. The zero-order valence-electron chi connectivity index (χ0n) is 8.39. The van der Waals surface area contributed by atoms with E-state index < -0.39 is 12.0 Å². The van der Waals surface area contributed by atoms with Crippen LogP contribution >= 0.6 is 0 Å². The summed E-state index contributed by atoms with van der Waals surface area (Å²) in [6.07, 6.45) is 0.561. The van der Waals surface area contributed by atoms with E-state index in [-0.39, 0.29) is 6.03 Å². The number of aliphatic carboxylic acids is 1. The number of hydrogen-bond acceptors (Lipinski definition) is 3. The van der Waals surface area contributed by atoms with Crippen molar-refractivity contribution in [2.45, 2.75) is 12.5 Å². The molecule has 0 aliphatic carbocycles. The number of urea groups is 1. The van der Waals surface area contributed by atoms with E-state index >= 15 is 0 Å². The molecule has 2 amide bonds. The van der Waals surface area contributed by atoms with Crippen molar-refractivity contribution in [2.75, 3.05) is 32.8 Å². The number of carboxylic acid groups (broad SMARTS) is 1. The van der Waals surface area contributed by atoms with Gasteiger partial charge in [-0.15, -0.1) is 0 Å². The van der Waals surface area contributed by atoms with Crippen LogP contribution in [0.25, 0.3) is 0 Å². The first-order valence-corrected chi connectivity index (χ1v) is 5.06. The maximum atomic E-state index is 11.8. The molecule has 0 bridgehead atoms. The molecule has 0 spiro atoms. The second kappa shape index (κ2) is 4.06. The van der Waals surface area contributed by atoms with Gasteiger partial charge in [0.25, 0.3) is 0 Å². The molecule has 2 saturated heterocycles. The van der Waals surface area contributed by atoms with Crippen LogP contribution < -0.4 is 0 Å². The second-order valence-electron chi connectivity index (χ2n) is 3.72. The van der Waals surface area contributed by atoms with Crippen molar-refractivity contribution in [1.82, 2.24) is 9.80 Å². The molecule has 84 valence electrons. The third kappa shape index (κ3) is 1.90. The Bertz CT molecular complexity index is 275. The van der Waals surface area contributed by atoms with Crippen LogP contribution in [0.4, 0.5) is 4.79 Å². The molecule has 1 N–H and O–H groups in total. The Morgan fingerprint density at radius 1 is 1.20 bits per heavy atom. The van der Waals surface area contributed by atoms with E-state index in [1.54, 1.807) is 4.90 Å². The van der Waals surface area contributed by atoms with Gasteiger partial charge in [-0.3, -0.25) is 0 Å². The quantitative estimate of drug-likeness (QED) is 0.644. The molecular weight excluding hydrogens is 200 g/mol. The van der Waals surface area contributed by atoms with Gasteiger partial charge >= 0.3 is 12.0 Å². The monoisotopic (exact) mass is 214 g/mol. The molecule has 2 heterocycles. The molecule has 2 fully saturated rings. The lowest BCUT2D eigenvalue weighted by atomic mass is 10.0. The average Bonchev–Trinajstić information content (AvgIpc) is 2.16. The maximum absolute atomic E-state index is 11.8. The largest absolute Gasteiger partial charge is 0.480 e. The molecule has 0 radical (unpaired) electrons. The normalized spacial score (nSPS) is 26.0. The van der Waals surface area contributed by atoms with E-state index in [9.17, 15) is 9.59 Å². The second-order valence-corrected chi connectivity index (χ2v) is 3.72. The standard InChI is InChI=1S/C9H14N2O4/c12-8(13)7-1-2-11(7)9(14)10-3-5-15-6-4-10/h7H,1-6H2,(H,12,13). The predicted octanol–water partition coefficient (Wildman–Crippen LogP) is -0.402. The molecule has 6 heteroatoms. The Morgan fingerprint density at radius 2 is 1.87 bits per heavy atom. The molecule has 0 saturated carbocycles. The fourth-order valence-electron chi connectivity index (χ4n) is 1.81. The van der Waals surface area contributed by atoms with Crippen molar-refractivity contribution < 1.29 is 19.4 Å². The summed E-state index contributed by atoms with van der Waals surface area (Å²) in [5.41, 5.74) is 0. The molecule has 6 nitrogen and oxygen atoms in total. The molecule has 2 rings (SSSR count). The van der Waals surface area contributed by atoms with Crippen molar-refractivity contribution >= 4 is 12.0 Å². The van der Waals surface area contributed by atoms with Crippen LogP contribution in [0.3, 0.4) is 0 Å². The number of amides is 2. The van der Waals surface area contributed by atoms with Crippen molar-refractivity contribution in [3.8, 4) is 0 Å². The molecule has 0 aromatic carbocycles. The van der Waals surface area contributed by atoms with Gasteiger partial charge < -0.3 is 19.6 Å². The molecule has 15 heavy (non-hydrogen) atoms. The van der Waals surface area contributed by atoms with Gasteiger partial charge in [0.05, 0.1) is 13.2 Å². The highest BCUT2D eigenvalue weighted by Gasteiger charge is 2.39. The lowest BCUT2D eigenvalue weighted by molar-refractivity contribution is -0.146. The number of carbonyl (C=O) groups excluding carboxylic acids is 1. The van der Waals surface area contributed by atoms with E-state index in [0.717, 1.165) is 0 Å². The van der Waals surface area contributed by atoms with Crippen molar-refractivity contribution in [1.29, 1.82) is 0 Å². The number of morpholine rings is 1. The smallest absolute Gasteiger partial charge is 0.326 e. The van der Waals surface area contributed by atoms with Gasteiger partial charge in [-0.25, -0.2) is 9.59 Å². The van der Waals surface area contributed by atoms with Crippen LogP contribution in [0.1, 0.15) is 6.42 Å². The predicted molar refractivity (Wildman–Crippen MR) is 50.5 cm³/mol. The lowest BCUT2D eigenvalue weighted by Gasteiger charge is -2.41. The molecule has 0 aromatic heterocycles. The molecule has 0 aromatic rings. The number of carbonyl (C=O) groups is 2. The van der Waals surface area contributed by atoms with Crippen LogP contribution in [0.5, 0.6) is 0 Å². The lowest BCUT2D eigenvalue weighted by Crippen LogP contribution is -2.60. The van der Waals surface area contributed by atoms with Crippen LogP contribution in [-0.4, -0.2) is 65.8 Å². The fourth-order valence-corrected chi connectivity index (χ4v) is 1.81. The summed E-state index contributed by atoms with van der Waals surface area (Å²) in [5.74, 6) is -0.914. The Hall–Kier alpha value is -1.30. The zero-order valence-corrected chi connectivity index (χ0v) is 8.39. The summed E-state index contributed by atoms with van der Waals surface area (Å²) in [6, 6.07) is -0.794. The Morgan fingerprint density at radius 3 is 2.33 bits per heavy atom. The van der Waals surface area contributed by atoms with E-state index in [1.165, 1.54) is 4.90 Å². The van der Waals surface area contributed by atoms with Gasteiger partial charge in [-0.05, 0) is 6.42 Å². The highest BCUT2D eigenvalue weighted by molar-refractivity contribution is 5.84. The van der Waals surface area contributed by atoms with Crippen LogP contribution in [-0.2, 0) is 9.53 Å². The average molecular weight is 214 g/mol. The summed E-state index contributed by atoms with van der Waals surface area (Å²) >= 11 is 0. The number of likely N-dealkylation sites (tertiary alicyclic amines) is 1. The van der Waals surface area contributed by atoms with E-state index in [4.69, 9.17) is 9.84 Å². The highest BCUT2D eigenvalue weighted by Crippen LogP contribution is 2.19. The van der Waals surface area contributed by atoms with Gasteiger partial charge in [-0.1, -0.05) is 0 Å². The van der Waals surface area contributed by atoms with Gasteiger partial charge in [0, 0.05) is 19.6 Å². The summed E-state index contributed by atoms with van der Waals surface area (Å²) in [5, 5.41) is 8.81. The minimum atomic E-state index is -0.914. The molecule has 1 atom stereocenters. The number of ether oxygens (including phenoxy) is 1. The SMILES string of the molecule is O=C(O)C1CCN1C(=O)N1CCOCC1. The maximum Gasteiger partial charge on any atom is 0.326 e. The third-order valence-electron chi connectivity index (χ3n) is 2.83. The number of rotatable bonds is 1. The highest BCUT2D eigenvalue weighted by atomic mass is 16.5. The van der Waals surface area contributed by atoms with Crippen LogP contribution in [0.15, 0.2) is 0 Å². The van der Waals surface area contributed by atoms with Gasteiger partial charge in [0.15, 0.2) is 0 Å². The Kier molecular flexibility index (Phi) is 2.77. The van der Waals surface area contributed by atoms with Crippen LogP contribution in [0, 0.1) is 0 Å². The minimum absolute atomic E-state index is 0.169. The number of nitrogens with zero attached hydrogens (tertiary/aromatic N) is 2. The first-order valence-electron chi connectivity index (χ1n) is 5.06. The van der Waals surface area contributed by atoms with Crippen molar-refractivity contribution in [2.24, 2.45) is 0 Å². The summed E-state index contributed by atoms with van der Waals surface area (Å²) in [4.78, 5) is 25.6. The van der Waals surface area contributed by atoms with Gasteiger partial charge in [0.1, 0.15) is 6.04 Å². The first-order chi connectivity index (χ1) is 7.20. The number of carboxylic acids is 1. The van der Waals surface area contributed by atoms with E-state index in [0.29, 0.717) is 39.3 Å². The first kappa shape index (κ1) is 10.2. The molecule has 2 aliphatic rings. The van der Waals surface area contributed by atoms with Crippen molar-refractivity contribution in [3.05, 3.63) is 0 Å². The minimum Gasteiger partial charge on any atom is -0.480 e. The van der Waals surface area contributed by atoms with Gasteiger partial charge in [0.2, 0.25) is 0 Å². The fraction of sp³-hybridized carbons (Fsp3) is 0.778. The molecule has 2 aliphatic heterocycles. The zero-order chi connectivity index (χ0) is 10.8. The molecule has 1 unspecified atom stereocenters. The summed E-state index contributed by atoms with van der Waals surface area (Å²) < 4.78 is 5.13. The summed E-state index contributed by atoms with van der Waals surface area (Å²) in [7, 11) is 0. The Labute approximate surface area is 87.4 Å². The Balaban J connectivity index is 1.92. The van der Waals surface area contributed by atoms with E-state index in [2.05, 4.69) is 0 Å². The van der Waals surface area contributed by atoms with E-state index in [1.807, 2.05) is 0 Å². The third-order valence-corrected chi connectivity index (χ3v) is 2.83. The van der Waals surface area contributed by atoms with Crippen molar-refractivity contribution in [3.63, 3.8) is 0 Å². The number of hydrogen-bond donors (Lipinski definition) is 1. The topological polar surface area (TPSA) is 70.1 Å². The summed E-state index contributed by atoms with van der Waals surface area (Å²) in [6.45, 7) is 2.74. The van der Waals surface area contributed by atoms with Crippen LogP contribution in [0.2, 0.25) is 0 Å². The van der Waals surface area contributed by atoms with Gasteiger partial charge in [-0.2, -0.15) is 0 Å².